The summed E-state index contributed by atoms with van der Waals surface area (Å²) >= 11 is 3.22. The summed E-state index contributed by atoms with van der Waals surface area (Å²) in [6.07, 6.45) is 0.0878. The van der Waals surface area contributed by atoms with Gasteiger partial charge in [0.15, 0.2) is 0 Å². The van der Waals surface area contributed by atoms with E-state index in [4.69, 9.17) is 5.73 Å². The number of halogens is 2. The van der Waals surface area contributed by atoms with Crippen LogP contribution in [0.3, 0.4) is 0 Å². The highest BCUT2D eigenvalue weighted by Crippen LogP contribution is 2.15. The summed E-state index contributed by atoms with van der Waals surface area (Å²) in [5.41, 5.74) is 5.45. The van der Waals surface area contributed by atoms with Crippen LogP contribution in [0.5, 0.6) is 0 Å². The summed E-state index contributed by atoms with van der Waals surface area (Å²) in [5, 5.41) is 2.71. The highest BCUT2D eigenvalue weighted by Gasteiger charge is 2.14. The van der Waals surface area contributed by atoms with E-state index in [2.05, 4.69) is 26.0 Å². The van der Waals surface area contributed by atoms with E-state index in [0.29, 0.717) is 17.6 Å². The third kappa shape index (κ3) is 7.55. The number of hydrogen-bond acceptors (Lipinski definition) is 4. The van der Waals surface area contributed by atoms with Crippen LogP contribution in [0.4, 0.5) is 0 Å². The second-order valence-corrected chi connectivity index (χ2v) is 7.43. The van der Waals surface area contributed by atoms with Crippen molar-refractivity contribution in [3.63, 3.8) is 0 Å². The van der Waals surface area contributed by atoms with Gasteiger partial charge in [-0.3, -0.25) is 4.79 Å². The quantitative estimate of drug-likeness (QED) is 0.596. The number of carbonyl (C=O) groups excluding carboxylic acids is 1. The molecule has 4 N–H and O–H groups in total. The van der Waals surface area contributed by atoms with Crippen LogP contribution in [-0.2, 0) is 14.8 Å². The molecule has 0 aromatic heterocycles. The first-order valence-corrected chi connectivity index (χ1v) is 8.84. The molecule has 0 spiro atoms. The van der Waals surface area contributed by atoms with Gasteiger partial charge in [0.1, 0.15) is 0 Å². The molecule has 0 aliphatic carbocycles. The Labute approximate surface area is 145 Å². The molecule has 0 saturated heterocycles. The molecule has 1 aromatic carbocycles. The Kier molecular flexibility index (Phi) is 9.86. The average molecular weight is 415 g/mol. The lowest BCUT2D eigenvalue weighted by Gasteiger charge is -2.10. The normalized spacial score (nSPS) is 12.3. The van der Waals surface area contributed by atoms with Gasteiger partial charge in [0.25, 0.3) is 0 Å². The first-order chi connectivity index (χ1) is 9.85. The highest BCUT2D eigenvalue weighted by molar-refractivity contribution is 9.10. The van der Waals surface area contributed by atoms with E-state index >= 15 is 0 Å². The van der Waals surface area contributed by atoms with E-state index in [9.17, 15) is 13.2 Å². The lowest BCUT2D eigenvalue weighted by molar-refractivity contribution is -0.121. The summed E-state index contributed by atoms with van der Waals surface area (Å²) < 4.78 is 27.1. The average Bonchev–Trinajstić information content (AvgIpc) is 2.44. The molecule has 0 aliphatic heterocycles. The topological polar surface area (TPSA) is 101 Å². The molecule has 0 radical (unpaired) electrons. The lowest BCUT2D eigenvalue weighted by atomic mass is 10.2. The summed E-state index contributed by atoms with van der Waals surface area (Å²) in [6, 6.07) is 6.38. The van der Waals surface area contributed by atoms with E-state index in [1.54, 1.807) is 12.1 Å². The van der Waals surface area contributed by atoms with Gasteiger partial charge in [0.05, 0.1) is 4.90 Å². The molecular weight excluding hydrogens is 394 g/mol. The van der Waals surface area contributed by atoms with Crippen molar-refractivity contribution in [2.45, 2.75) is 18.2 Å². The Hall–Kier alpha value is -0.670. The second kappa shape index (κ2) is 10.2. The minimum absolute atomic E-state index is 0. The van der Waals surface area contributed by atoms with Crippen molar-refractivity contribution in [3.8, 4) is 0 Å². The van der Waals surface area contributed by atoms with Crippen molar-refractivity contribution in [1.82, 2.24) is 10.0 Å². The Balaban J connectivity index is 0.00000441. The van der Waals surface area contributed by atoms with Crippen molar-refractivity contribution < 1.29 is 13.2 Å². The number of nitrogens with one attached hydrogen (secondary N) is 2. The molecule has 0 heterocycles. The lowest BCUT2D eigenvalue weighted by Crippen LogP contribution is -2.34. The number of benzene rings is 1. The Morgan fingerprint density at radius 1 is 1.41 bits per heavy atom. The molecule has 1 atom stereocenters. The third-order valence-corrected chi connectivity index (χ3v) is 4.75. The molecule has 22 heavy (non-hydrogen) atoms. The molecule has 1 amide bonds. The maximum absolute atomic E-state index is 12.0. The van der Waals surface area contributed by atoms with E-state index in [1.807, 2.05) is 6.92 Å². The first-order valence-electron chi connectivity index (χ1n) is 6.57. The van der Waals surface area contributed by atoms with Crippen molar-refractivity contribution in [2.75, 3.05) is 19.6 Å². The molecule has 126 valence electrons. The fourth-order valence-corrected chi connectivity index (χ4v) is 3.10. The van der Waals surface area contributed by atoms with Crippen LogP contribution in [0.25, 0.3) is 0 Å². The molecule has 0 fully saturated rings. The van der Waals surface area contributed by atoms with Crippen LogP contribution in [0.1, 0.15) is 13.3 Å². The summed E-state index contributed by atoms with van der Waals surface area (Å²) in [7, 11) is -3.59. The van der Waals surface area contributed by atoms with Crippen LogP contribution in [0, 0.1) is 5.92 Å². The summed E-state index contributed by atoms with van der Waals surface area (Å²) in [6.45, 7) is 2.97. The van der Waals surface area contributed by atoms with Gasteiger partial charge in [0, 0.05) is 24.0 Å². The highest BCUT2D eigenvalue weighted by atomic mass is 79.9. The third-order valence-electron chi connectivity index (χ3n) is 2.80. The van der Waals surface area contributed by atoms with Gasteiger partial charge in [-0.2, -0.15) is 0 Å². The molecule has 1 rings (SSSR count). The zero-order valence-electron chi connectivity index (χ0n) is 12.2. The summed E-state index contributed by atoms with van der Waals surface area (Å²) in [5.74, 6) is -0.000414. The van der Waals surface area contributed by atoms with Gasteiger partial charge in [-0.05, 0) is 30.7 Å². The van der Waals surface area contributed by atoms with Crippen LogP contribution >= 0.6 is 28.3 Å². The van der Waals surface area contributed by atoms with Crippen molar-refractivity contribution in [1.29, 1.82) is 0 Å². The number of carbonyl (C=O) groups is 1. The van der Waals surface area contributed by atoms with Crippen molar-refractivity contribution in [3.05, 3.63) is 28.7 Å². The number of nitrogens with two attached hydrogens (primary N) is 1. The molecule has 0 aliphatic rings. The summed E-state index contributed by atoms with van der Waals surface area (Å²) in [4.78, 5) is 11.7. The first kappa shape index (κ1) is 21.3. The fraction of sp³-hybridized carbons (Fsp3) is 0.462. The van der Waals surface area contributed by atoms with Crippen LogP contribution in [0.2, 0.25) is 0 Å². The van der Waals surface area contributed by atoms with Gasteiger partial charge in [0.2, 0.25) is 15.9 Å². The van der Waals surface area contributed by atoms with E-state index in [1.165, 1.54) is 12.1 Å². The van der Waals surface area contributed by atoms with Gasteiger partial charge in [-0.1, -0.05) is 28.9 Å². The zero-order valence-corrected chi connectivity index (χ0v) is 15.4. The SMILES string of the molecule is CC(CN)CNC(=O)CCNS(=O)(=O)c1cccc(Br)c1.Cl. The number of rotatable bonds is 8. The molecule has 0 bridgehead atoms. The minimum Gasteiger partial charge on any atom is -0.356 e. The van der Waals surface area contributed by atoms with Crippen LogP contribution < -0.4 is 15.8 Å². The molecule has 0 saturated carbocycles. The molecule has 1 aromatic rings. The van der Waals surface area contributed by atoms with Crippen LogP contribution in [0.15, 0.2) is 33.6 Å². The van der Waals surface area contributed by atoms with Gasteiger partial charge < -0.3 is 11.1 Å². The maximum atomic E-state index is 12.0. The molecule has 1 unspecified atom stereocenters. The second-order valence-electron chi connectivity index (χ2n) is 4.75. The van der Waals surface area contributed by atoms with E-state index in [-0.39, 0.29) is 42.1 Å². The largest absolute Gasteiger partial charge is 0.356 e. The van der Waals surface area contributed by atoms with Crippen molar-refractivity contribution in [2.24, 2.45) is 11.7 Å². The minimum atomic E-state index is -3.59. The maximum Gasteiger partial charge on any atom is 0.240 e. The molecule has 9 heteroatoms. The van der Waals surface area contributed by atoms with Gasteiger partial charge in [-0.25, -0.2) is 13.1 Å². The number of hydrogen-bond donors (Lipinski definition) is 3. The molecule has 6 nitrogen and oxygen atoms in total. The number of amides is 1. The Bertz CT molecular complexity index is 584. The van der Waals surface area contributed by atoms with Crippen molar-refractivity contribution >= 4 is 44.3 Å². The van der Waals surface area contributed by atoms with E-state index < -0.39 is 10.0 Å². The number of sulfonamides is 1. The van der Waals surface area contributed by atoms with Gasteiger partial charge >= 0.3 is 0 Å². The standard InChI is InChI=1S/C13H20BrN3O3S.ClH/c1-10(8-15)9-16-13(18)5-6-17-21(19,20)12-4-2-3-11(14)7-12;/h2-4,7,10,17H,5-6,8-9,15H2,1H3,(H,16,18);1H. The van der Waals surface area contributed by atoms with Gasteiger partial charge in [-0.15, -0.1) is 12.4 Å². The Morgan fingerprint density at radius 3 is 2.68 bits per heavy atom. The van der Waals surface area contributed by atoms with E-state index in [0.717, 1.165) is 0 Å². The Morgan fingerprint density at radius 2 is 2.09 bits per heavy atom. The smallest absolute Gasteiger partial charge is 0.240 e. The monoisotopic (exact) mass is 413 g/mol. The predicted octanol–water partition coefficient (Wildman–Crippen LogP) is 1.25. The predicted molar refractivity (Wildman–Crippen MR) is 92.4 cm³/mol. The zero-order chi connectivity index (χ0) is 15.9. The fourth-order valence-electron chi connectivity index (χ4n) is 1.48. The molecular formula is C13H21BrClN3O3S. The van der Waals surface area contributed by atoms with Crippen LogP contribution in [-0.4, -0.2) is 34.0 Å².